The maximum Gasteiger partial charge on any atom is 0.0628 e. The van der Waals surface area contributed by atoms with Gasteiger partial charge in [-0.3, -0.25) is 4.90 Å². The standard InChI is InChI=1S/C19H33N3O/c1-15(2)12-21-10-11-22(16(3)13-21)19(14-23)17-6-8-18(9-7-17)20(4)5/h6-9,15-16,19,23H,10-14H2,1-5H3. The molecule has 1 heterocycles. The minimum atomic E-state index is 0.0995. The van der Waals surface area contributed by atoms with Gasteiger partial charge in [0, 0.05) is 52.0 Å². The molecule has 130 valence electrons. The molecule has 2 unspecified atom stereocenters. The highest BCUT2D eigenvalue weighted by Crippen LogP contribution is 2.27. The monoisotopic (exact) mass is 319 g/mol. The highest BCUT2D eigenvalue weighted by atomic mass is 16.3. The Morgan fingerprint density at radius 1 is 1.17 bits per heavy atom. The summed E-state index contributed by atoms with van der Waals surface area (Å²) in [4.78, 5) is 7.11. The Labute approximate surface area is 141 Å². The summed E-state index contributed by atoms with van der Waals surface area (Å²) in [6.07, 6.45) is 0. The minimum absolute atomic E-state index is 0.0995. The second kappa shape index (κ2) is 8.13. The molecule has 1 aliphatic rings. The average Bonchev–Trinajstić information content (AvgIpc) is 2.50. The lowest BCUT2D eigenvalue weighted by atomic mass is 10.0. The molecular weight excluding hydrogens is 286 g/mol. The average molecular weight is 319 g/mol. The SMILES string of the molecule is CC(C)CN1CCN(C(CO)c2ccc(N(C)C)cc2)C(C)C1. The van der Waals surface area contributed by atoms with Crippen LogP contribution in [0.3, 0.4) is 0 Å². The van der Waals surface area contributed by atoms with Crippen LogP contribution in [-0.2, 0) is 0 Å². The summed E-state index contributed by atoms with van der Waals surface area (Å²) in [6.45, 7) is 11.4. The number of hydrogen-bond acceptors (Lipinski definition) is 4. The fourth-order valence-electron chi connectivity index (χ4n) is 3.59. The quantitative estimate of drug-likeness (QED) is 0.872. The van der Waals surface area contributed by atoms with Gasteiger partial charge in [0.1, 0.15) is 0 Å². The molecular formula is C19H33N3O. The first-order valence-corrected chi connectivity index (χ1v) is 8.78. The van der Waals surface area contributed by atoms with Gasteiger partial charge in [0.05, 0.1) is 12.6 Å². The Balaban J connectivity index is 2.06. The summed E-state index contributed by atoms with van der Waals surface area (Å²) in [5.41, 5.74) is 2.41. The molecule has 2 atom stereocenters. The molecule has 1 fully saturated rings. The molecule has 0 aromatic heterocycles. The highest BCUT2D eigenvalue weighted by molar-refractivity contribution is 5.46. The van der Waals surface area contributed by atoms with Crippen LogP contribution < -0.4 is 4.90 Å². The van der Waals surface area contributed by atoms with Crippen molar-refractivity contribution in [2.75, 3.05) is 51.8 Å². The number of benzene rings is 1. The van der Waals surface area contributed by atoms with Crippen LogP contribution in [0.25, 0.3) is 0 Å². The predicted molar refractivity (Wildman–Crippen MR) is 98.0 cm³/mol. The van der Waals surface area contributed by atoms with Gasteiger partial charge in [0.25, 0.3) is 0 Å². The van der Waals surface area contributed by atoms with E-state index in [-0.39, 0.29) is 12.6 Å². The summed E-state index contributed by atoms with van der Waals surface area (Å²) in [7, 11) is 4.10. The largest absolute Gasteiger partial charge is 0.394 e. The number of piperazine rings is 1. The van der Waals surface area contributed by atoms with Crippen molar-refractivity contribution in [3.63, 3.8) is 0 Å². The summed E-state index contributed by atoms with van der Waals surface area (Å²) in [5, 5.41) is 9.97. The number of aliphatic hydroxyl groups excluding tert-OH is 1. The molecule has 4 nitrogen and oxygen atoms in total. The van der Waals surface area contributed by atoms with Gasteiger partial charge in [-0.1, -0.05) is 26.0 Å². The number of nitrogens with zero attached hydrogens (tertiary/aromatic N) is 3. The summed E-state index contributed by atoms with van der Waals surface area (Å²) < 4.78 is 0. The Morgan fingerprint density at radius 3 is 2.30 bits per heavy atom. The first kappa shape index (κ1) is 18.2. The van der Waals surface area contributed by atoms with E-state index in [0.29, 0.717) is 12.0 Å². The van der Waals surface area contributed by atoms with Crippen molar-refractivity contribution in [1.29, 1.82) is 0 Å². The summed E-state index contributed by atoms with van der Waals surface area (Å²) >= 11 is 0. The van der Waals surface area contributed by atoms with Gasteiger partial charge < -0.3 is 14.9 Å². The lowest BCUT2D eigenvalue weighted by Gasteiger charge is -2.44. The van der Waals surface area contributed by atoms with E-state index in [0.717, 1.165) is 19.6 Å². The zero-order chi connectivity index (χ0) is 17.0. The molecule has 1 N–H and O–H groups in total. The van der Waals surface area contributed by atoms with Crippen LogP contribution in [0.2, 0.25) is 0 Å². The van der Waals surface area contributed by atoms with Gasteiger partial charge in [0.15, 0.2) is 0 Å². The van der Waals surface area contributed by atoms with Gasteiger partial charge in [-0.2, -0.15) is 0 Å². The smallest absolute Gasteiger partial charge is 0.0628 e. The van der Waals surface area contributed by atoms with E-state index in [1.807, 2.05) is 0 Å². The molecule has 2 rings (SSSR count). The highest BCUT2D eigenvalue weighted by Gasteiger charge is 2.30. The molecule has 0 aliphatic carbocycles. The third-order valence-corrected chi connectivity index (χ3v) is 4.75. The molecule has 4 heteroatoms. The number of rotatable bonds is 6. The first-order chi connectivity index (χ1) is 10.9. The first-order valence-electron chi connectivity index (χ1n) is 8.78. The van der Waals surface area contributed by atoms with Crippen molar-refractivity contribution in [2.45, 2.75) is 32.9 Å². The van der Waals surface area contributed by atoms with Crippen LogP contribution in [0.4, 0.5) is 5.69 Å². The van der Waals surface area contributed by atoms with E-state index in [9.17, 15) is 5.11 Å². The van der Waals surface area contributed by atoms with Gasteiger partial charge in [0.2, 0.25) is 0 Å². The van der Waals surface area contributed by atoms with E-state index in [1.54, 1.807) is 0 Å². The maximum absolute atomic E-state index is 9.97. The zero-order valence-electron chi connectivity index (χ0n) is 15.4. The molecule has 1 saturated heterocycles. The Bertz CT molecular complexity index is 472. The Kier molecular flexibility index (Phi) is 6.45. The molecule has 0 radical (unpaired) electrons. The van der Waals surface area contributed by atoms with E-state index in [1.165, 1.54) is 17.8 Å². The second-order valence-corrected chi connectivity index (χ2v) is 7.42. The minimum Gasteiger partial charge on any atom is -0.394 e. The molecule has 1 aromatic carbocycles. The molecule has 0 amide bonds. The fourth-order valence-corrected chi connectivity index (χ4v) is 3.59. The van der Waals surface area contributed by atoms with E-state index in [2.05, 4.69) is 73.8 Å². The van der Waals surface area contributed by atoms with Gasteiger partial charge in [-0.15, -0.1) is 0 Å². The lowest BCUT2D eigenvalue weighted by molar-refractivity contribution is 0.0215. The van der Waals surface area contributed by atoms with Crippen LogP contribution in [0.15, 0.2) is 24.3 Å². The van der Waals surface area contributed by atoms with Crippen molar-refractivity contribution in [3.05, 3.63) is 29.8 Å². The normalized spacial score (nSPS) is 21.6. The van der Waals surface area contributed by atoms with E-state index < -0.39 is 0 Å². The predicted octanol–water partition coefficient (Wildman–Crippen LogP) is 2.45. The second-order valence-electron chi connectivity index (χ2n) is 7.42. The molecule has 0 spiro atoms. The van der Waals surface area contributed by atoms with E-state index in [4.69, 9.17) is 0 Å². The van der Waals surface area contributed by atoms with Crippen LogP contribution in [0.5, 0.6) is 0 Å². The fraction of sp³-hybridized carbons (Fsp3) is 0.684. The summed E-state index contributed by atoms with van der Waals surface area (Å²) in [5.74, 6) is 0.709. The van der Waals surface area contributed by atoms with Gasteiger partial charge >= 0.3 is 0 Å². The van der Waals surface area contributed by atoms with Crippen LogP contribution in [-0.4, -0.2) is 67.8 Å². The zero-order valence-corrected chi connectivity index (χ0v) is 15.4. The Hall–Kier alpha value is -1.10. The molecule has 1 aromatic rings. The molecule has 0 saturated carbocycles. The number of hydrogen-bond donors (Lipinski definition) is 1. The molecule has 23 heavy (non-hydrogen) atoms. The van der Waals surface area contributed by atoms with Crippen molar-refractivity contribution in [2.24, 2.45) is 5.92 Å². The van der Waals surface area contributed by atoms with Crippen LogP contribution in [0, 0.1) is 5.92 Å². The number of anilines is 1. The van der Waals surface area contributed by atoms with Crippen LogP contribution >= 0.6 is 0 Å². The molecule has 0 bridgehead atoms. The van der Waals surface area contributed by atoms with E-state index >= 15 is 0 Å². The Morgan fingerprint density at radius 2 is 1.83 bits per heavy atom. The summed E-state index contributed by atoms with van der Waals surface area (Å²) in [6, 6.07) is 9.15. The van der Waals surface area contributed by atoms with Crippen molar-refractivity contribution in [1.82, 2.24) is 9.80 Å². The third kappa shape index (κ3) is 4.69. The third-order valence-electron chi connectivity index (χ3n) is 4.75. The topological polar surface area (TPSA) is 30.0 Å². The van der Waals surface area contributed by atoms with Gasteiger partial charge in [-0.05, 0) is 30.5 Å². The lowest BCUT2D eigenvalue weighted by Crippen LogP contribution is -2.54. The van der Waals surface area contributed by atoms with Crippen molar-refractivity contribution in [3.8, 4) is 0 Å². The van der Waals surface area contributed by atoms with Crippen molar-refractivity contribution < 1.29 is 5.11 Å². The van der Waals surface area contributed by atoms with Crippen molar-refractivity contribution >= 4 is 5.69 Å². The maximum atomic E-state index is 9.97. The van der Waals surface area contributed by atoms with Crippen LogP contribution in [0.1, 0.15) is 32.4 Å². The number of aliphatic hydroxyl groups is 1. The van der Waals surface area contributed by atoms with Gasteiger partial charge in [-0.25, -0.2) is 0 Å². The molecule has 1 aliphatic heterocycles.